The quantitative estimate of drug-likeness (QED) is 0.636. The molecule has 1 aromatic carbocycles. The second-order valence-corrected chi connectivity index (χ2v) is 8.01. The highest BCUT2D eigenvalue weighted by Crippen LogP contribution is 2.27. The van der Waals surface area contributed by atoms with Crippen molar-refractivity contribution >= 4 is 34.6 Å². The van der Waals surface area contributed by atoms with Crippen LogP contribution in [0.5, 0.6) is 0 Å². The van der Waals surface area contributed by atoms with E-state index in [1.165, 1.54) is 11.5 Å². The van der Waals surface area contributed by atoms with Crippen molar-refractivity contribution in [2.24, 2.45) is 7.05 Å². The number of ether oxygens (including phenoxy) is 1. The monoisotopic (exact) mass is 426 g/mol. The van der Waals surface area contributed by atoms with E-state index >= 15 is 0 Å². The van der Waals surface area contributed by atoms with Crippen molar-refractivity contribution in [1.29, 1.82) is 0 Å². The molecule has 0 unspecified atom stereocenters. The summed E-state index contributed by atoms with van der Waals surface area (Å²) in [6, 6.07) is 9.26. The third-order valence-electron chi connectivity index (χ3n) is 5.45. The lowest BCUT2D eigenvalue weighted by molar-refractivity contribution is -0.147. The molecule has 156 valence electrons. The molecule has 1 aliphatic carbocycles. The second-order valence-electron chi connectivity index (χ2n) is 7.60. The molecule has 0 saturated heterocycles. The van der Waals surface area contributed by atoms with Crippen LogP contribution < -0.4 is 10.9 Å². The Kier molecular flexibility index (Phi) is 5.72. The number of nitrogens with one attached hydrogen (secondary N) is 1. The van der Waals surface area contributed by atoms with Gasteiger partial charge in [-0.15, -0.1) is 0 Å². The zero-order chi connectivity index (χ0) is 21.3. The molecular formula is C22H23ClN4O3. The maximum atomic E-state index is 12.9. The summed E-state index contributed by atoms with van der Waals surface area (Å²) in [5.41, 5.74) is 1.60. The Morgan fingerprint density at radius 3 is 2.63 bits per heavy atom. The normalized spacial score (nSPS) is 18.9. The van der Waals surface area contributed by atoms with E-state index in [9.17, 15) is 9.59 Å². The summed E-state index contributed by atoms with van der Waals surface area (Å²) in [6.45, 7) is 1.44. The Hall–Kier alpha value is -2.93. The molecule has 8 heteroatoms. The zero-order valence-electron chi connectivity index (χ0n) is 16.9. The number of rotatable bonds is 4. The fourth-order valence-corrected chi connectivity index (χ4v) is 4.17. The van der Waals surface area contributed by atoms with Crippen molar-refractivity contribution < 1.29 is 9.53 Å². The molecule has 0 bridgehead atoms. The van der Waals surface area contributed by atoms with Crippen LogP contribution in [0.4, 0.5) is 5.95 Å². The van der Waals surface area contributed by atoms with Gasteiger partial charge in [0.1, 0.15) is 11.8 Å². The molecule has 7 nitrogen and oxygen atoms in total. The lowest BCUT2D eigenvalue weighted by Crippen LogP contribution is -2.31. The average Bonchev–Trinajstić information content (AvgIpc) is 2.73. The molecule has 1 aliphatic rings. The van der Waals surface area contributed by atoms with Gasteiger partial charge in [-0.05, 0) is 37.8 Å². The van der Waals surface area contributed by atoms with Gasteiger partial charge in [0.05, 0.1) is 0 Å². The number of carbonyl (C=O) groups is 1. The molecule has 3 aromatic rings. The van der Waals surface area contributed by atoms with Crippen LogP contribution in [-0.4, -0.2) is 32.7 Å². The van der Waals surface area contributed by atoms with Gasteiger partial charge in [-0.25, -0.2) is 4.98 Å². The highest BCUT2D eigenvalue weighted by molar-refractivity contribution is 6.33. The molecule has 0 radical (unpaired) electrons. The number of benzene rings is 1. The molecule has 0 atom stereocenters. The van der Waals surface area contributed by atoms with E-state index in [0.29, 0.717) is 27.7 Å². The molecule has 1 N–H and O–H groups in total. The minimum Gasteiger partial charge on any atom is -0.463 e. The molecule has 2 aromatic heterocycles. The van der Waals surface area contributed by atoms with E-state index < -0.39 is 0 Å². The number of fused-ring (bicyclic) bond motifs is 1. The molecule has 1 fully saturated rings. The predicted molar refractivity (Wildman–Crippen MR) is 117 cm³/mol. The van der Waals surface area contributed by atoms with Crippen LogP contribution in [0.1, 0.15) is 32.6 Å². The summed E-state index contributed by atoms with van der Waals surface area (Å²) in [5, 5.41) is 4.64. The fourth-order valence-electron chi connectivity index (χ4n) is 3.93. The maximum absolute atomic E-state index is 12.9. The van der Waals surface area contributed by atoms with Crippen LogP contribution in [0.2, 0.25) is 5.02 Å². The van der Waals surface area contributed by atoms with E-state index in [1.807, 2.05) is 18.2 Å². The molecule has 1 saturated carbocycles. The first-order valence-electron chi connectivity index (χ1n) is 9.98. The number of nitrogens with zero attached hydrogens (tertiary/aromatic N) is 3. The fraction of sp³-hybridized carbons (Fsp3) is 0.364. The zero-order valence-corrected chi connectivity index (χ0v) is 17.6. The second kappa shape index (κ2) is 8.44. The number of anilines is 1. The molecule has 30 heavy (non-hydrogen) atoms. The Morgan fingerprint density at radius 2 is 1.93 bits per heavy atom. The lowest BCUT2D eigenvalue weighted by atomic mass is 9.93. The number of hydrogen-bond donors (Lipinski definition) is 1. The van der Waals surface area contributed by atoms with E-state index in [2.05, 4.69) is 15.3 Å². The largest absolute Gasteiger partial charge is 0.463 e. The number of carbonyl (C=O) groups excluding carboxylic acids is 1. The first-order valence-corrected chi connectivity index (χ1v) is 10.4. The molecule has 4 rings (SSSR count). The van der Waals surface area contributed by atoms with Crippen LogP contribution in [0.3, 0.4) is 0 Å². The first kappa shape index (κ1) is 20.3. The highest BCUT2D eigenvalue weighted by Gasteiger charge is 2.23. The Balaban J connectivity index is 1.57. The van der Waals surface area contributed by atoms with Crippen LogP contribution >= 0.6 is 11.6 Å². The number of aryl methyl sites for hydroxylation is 1. The summed E-state index contributed by atoms with van der Waals surface area (Å²) in [7, 11) is 1.70. The van der Waals surface area contributed by atoms with E-state index in [-0.39, 0.29) is 23.7 Å². The molecule has 0 spiro atoms. The number of hydrogen-bond acceptors (Lipinski definition) is 6. The summed E-state index contributed by atoms with van der Waals surface area (Å²) >= 11 is 6.29. The Bertz CT molecular complexity index is 1150. The summed E-state index contributed by atoms with van der Waals surface area (Å²) in [6.07, 6.45) is 5.05. The van der Waals surface area contributed by atoms with Gasteiger partial charge in [-0.1, -0.05) is 29.8 Å². The standard InChI is InChI=1S/C22H23ClN4O3/c1-13(28)30-16-9-7-15(8-10-16)25-22-24-12-14-11-18(17-5-3-4-6-19(17)23)21(29)27(2)20(14)26-22/h3-6,11-12,15-16H,7-10H2,1-2H3,(H,24,25,26). The molecule has 2 heterocycles. The average molecular weight is 427 g/mol. The van der Waals surface area contributed by atoms with Gasteiger partial charge in [0, 0.05) is 47.7 Å². The van der Waals surface area contributed by atoms with Crippen molar-refractivity contribution in [3.05, 3.63) is 51.9 Å². The van der Waals surface area contributed by atoms with E-state index in [4.69, 9.17) is 16.3 Å². The van der Waals surface area contributed by atoms with Gasteiger partial charge in [0.25, 0.3) is 5.56 Å². The van der Waals surface area contributed by atoms with Gasteiger partial charge in [0.2, 0.25) is 5.95 Å². The van der Waals surface area contributed by atoms with Crippen LogP contribution in [0, 0.1) is 0 Å². The Labute approximate surface area is 179 Å². The maximum Gasteiger partial charge on any atom is 0.302 e. The lowest BCUT2D eigenvalue weighted by Gasteiger charge is -2.28. The topological polar surface area (TPSA) is 86.1 Å². The molecule has 0 amide bonds. The molecular weight excluding hydrogens is 404 g/mol. The van der Waals surface area contributed by atoms with Crippen LogP contribution in [0.25, 0.3) is 22.2 Å². The predicted octanol–water partition coefficient (Wildman–Crippen LogP) is 3.94. The highest BCUT2D eigenvalue weighted by atomic mass is 35.5. The van der Waals surface area contributed by atoms with Crippen molar-refractivity contribution in [3.8, 4) is 11.1 Å². The van der Waals surface area contributed by atoms with Gasteiger partial charge < -0.3 is 10.1 Å². The number of halogens is 1. The number of aromatic nitrogens is 3. The third-order valence-corrected chi connectivity index (χ3v) is 5.78. The van der Waals surface area contributed by atoms with Crippen molar-refractivity contribution in [1.82, 2.24) is 14.5 Å². The minimum absolute atomic E-state index is 0.0119. The van der Waals surface area contributed by atoms with Crippen molar-refractivity contribution in [2.75, 3.05) is 5.32 Å². The summed E-state index contributed by atoms with van der Waals surface area (Å²) in [4.78, 5) is 33.1. The van der Waals surface area contributed by atoms with Crippen LogP contribution in [-0.2, 0) is 16.6 Å². The summed E-state index contributed by atoms with van der Waals surface area (Å²) < 4.78 is 6.81. The van der Waals surface area contributed by atoms with Crippen molar-refractivity contribution in [2.45, 2.75) is 44.8 Å². The summed E-state index contributed by atoms with van der Waals surface area (Å²) in [5.74, 6) is 0.250. The first-order chi connectivity index (χ1) is 14.4. The molecule has 0 aliphatic heterocycles. The van der Waals surface area contributed by atoms with Gasteiger partial charge in [0.15, 0.2) is 0 Å². The van der Waals surface area contributed by atoms with Gasteiger partial charge in [-0.2, -0.15) is 4.98 Å². The third kappa shape index (κ3) is 4.16. The van der Waals surface area contributed by atoms with Gasteiger partial charge >= 0.3 is 5.97 Å². The van der Waals surface area contributed by atoms with Crippen LogP contribution in [0.15, 0.2) is 41.3 Å². The number of pyridine rings is 1. The van der Waals surface area contributed by atoms with E-state index in [1.54, 1.807) is 25.4 Å². The Morgan fingerprint density at radius 1 is 1.20 bits per heavy atom. The van der Waals surface area contributed by atoms with Gasteiger partial charge in [-0.3, -0.25) is 14.2 Å². The number of esters is 1. The minimum atomic E-state index is -0.235. The smallest absolute Gasteiger partial charge is 0.302 e. The van der Waals surface area contributed by atoms with Crippen molar-refractivity contribution in [3.63, 3.8) is 0 Å². The SMILES string of the molecule is CC(=O)OC1CCC(Nc2ncc3cc(-c4ccccc4Cl)c(=O)n(C)c3n2)CC1. The van der Waals surface area contributed by atoms with E-state index in [0.717, 1.165) is 31.1 Å².